The summed E-state index contributed by atoms with van der Waals surface area (Å²) in [6, 6.07) is 11.8. The lowest BCUT2D eigenvalue weighted by Gasteiger charge is -2.20. The SMILES string of the molecule is N#Cc1cccc(-c2cc([C@H]3CCCCN3)no2)c1. The molecule has 2 heterocycles. The molecular formula is C15H15N3O. The maximum atomic E-state index is 8.91. The molecule has 1 aromatic carbocycles. The Labute approximate surface area is 112 Å². The van der Waals surface area contributed by atoms with E-state index in [9.17, 15) is 0 Å². The van der Waals surface area contributed by atoms with E-state index in [1.165, 1.54) is 12.8 Å². The van der Waals surface area contributed by atoms with Crippen LogP contribution in [0.15, 0.2) is 34.9 Å². The van der Waals surface area contributed by atoms with Crippen molar-refractivity contribution in [2.75, 3.05) is 6.54 Å². The van der Waals surface area contributed by atoms with Gasteiger partial charge in [0.1, 0.15) is 5.69 Å². The molecule has 1 saturated heterocycles. The lowest BCUT2D eigenvalue weighted by Crippen LogP contribution is -2.26. The standard InChI is InChI=1S/C15H15N3O/c16-10-11-4-3-5-12(8-11)15-9-14(18-19-15)13-6-1-2-7-17-13/h3-5,8-9,13,17H,1-2,6-7H2/t13-/m1/s1. The molecule has 0 bridgehead atoms. The van der Waals surface area contributed by atoms with Gasteiger partial charge in [0, 0.05) is 11.6 Å². The van der Waals surface area contributed by atoms with Crippen LogP contribution in [0, 0.1) is 11.3 Å². The van der Waals surface area contributed by atoms with Crippen molar-refractivity contribution >= 4 is 0 Å². The predicted octanol–water partition coefficient (Wildman–Crippen LogP) is 3.03. The van der Waals surface area contributed by atoms with Crippen LogP contribution in [0.5, 0.6) is 0 Å². The first kappa shape index (κ1) is 11.9. The fraction of sp³-hybridized carbons (Fsp3) is 0.333. The second-order valence-corrected chi connectivity index (χ2v) is 4.81. The molecule has 4 nitrogen and oxygen atoms in total. The second-order valence-electron chi connectivity index (χ2n) is 4.81. The number of rotatable bonds is 2. The molecule has 0 amide bonds. The molecular weight excluding hydrogens is 238 g/mol. The average molecular weight is 253 g/mol. The Kier molecular flexibility index (Phi) is 3.30. The highest BCUT2D eigenvalue weighted by atomic mass is 16.5. The first-order chi connectivity index (χ1) is 9.36. The molecule has 4 heteroatoms. The van der Waals surface area contributed by atoms with Crippen LogP contribution in [0.25, 0.3) is 11.3 Å². The van der Waals surface area contributed by atoms with Crippen LogP contribution in [0.1, 0.15) is 36.6 Å². The lowest BCUT2D eigenvalue weighted by atomic mass is 10.0. The topological polar surface area (TPSA) is 61.9 Å². The number of aromatic nitrogens is 1. The van der Waals surface area contributed by atoms with Crippen molar-refractivity contribution in [3.05, 3.63) is 41.6 Å². The van der Waals surface area contributed by atoms with E-state index in [4.69, 9.17) is 9.78 Å². The quantitative estimate of drug-likeness (QED) is 0.893. The lowest BCUT2D eigenvalue weighted by molar-refractivity contribution is 0.368. The summed E-state index contributed by atoms with van der Waals surface area (Å²) in [7, 11) is 0. The van der Waals surface area contributed by atoms with Gasteiger partial charge >= 0.3 is 0 Å². The number of nitrogens with one attached hydrogen (secondary N) is 1. The summed E-state index contributed by atoms with van der Waals surface area (Å²) < 4.78 is 5.40. The van der Waals surface area contributed by atoms with Crippen LogP contribution < -0.4 is 5.32 Å². The Bertz CT molecular complexity index is 606. The first-order valence-corrected chi connectivity index (χ1v) is 6.57. The van der Waals surface area contributed by atoms with Gasteiger partial charge < -0.3 is 9.84 Å². The van der Waals surface area contributed by atoms with Gasteiger partial charge in [0.15, 0.2) is 5.76 Å². The number of nitriles is 1. The van der Waals surface area contributed by atoms with Crippen LogP contribution in [0.2, 0.25) is 0 Å². The average Bonchev–Trinajstić information content (AvgIpc) is 2.98. The van der Waals surface area contributed by atoms with Crippen molar-refractivity contribution in [3.63, 3.8) is 0 Å². The summed E-state index contributed by atoms with van der Waals surface area (Å²) in [5.74, 6) is 0.722. The summed E-state index contributed by atoms with van der Waals surface area (Å²) >= 11 is 0. The molecule has 0 radical (unpaired) electrons. The summed E-state index contributed by atoms with van der Waals surface area (Å²) in [4.78, 5) is 0. The van der Waals surface area contributed by atoms with Crippen LogP contribution >= 0.6 is 0 Å². The minimum absolute atomic E-state index is 0.297. The number of piperidine rings is 1. The summed E-state index contributed by atoms with van der Waals surface area (Å²) in [5.41, 5.74) is 2.48. The Morgan fingerprint density at radius 3 is 3.05 bits per heavy atom. The van der Waals surface area contributed by atoms with Gasteiger partial charge in [0.05, 0.1) is 17.7 Å². The van der Waals surface area contributed by atoms with Crippen molar-refractivity contribution < 1.29 is 4.52 Å². The molecule has 19 heavy (non-hydrogen) atoms. The van der Waals surface area contributed by atoms with Crippen LogP contribution in [0.4, 0.5) is 0 Å². The largest absolute Gasteiger partial charge is 0.356 e. The van der Waals surface area contributed by atoms with Crippen molar-refractivity contribution in [1.82, 2.24) is 10.5 Å². The molecule has 0 spiro atoms. The number of hydrogen-bond acceptors (Lipinski definition) is 4. The maximum Gasteiger partial charge on any atom is 0.167 e. The molecule has 3 rings (SSSR count). The molecule has 1 atom stereocenters. The Morgan fingerprint density at radius 2 is 2.26 bits per heavy atom. The Hall–Kier alpha value is -2.12. The van der Waals surface area contributed by atoms with Gasteiger partial charge in [-0.25, -0.2) is 0 Å². The normalized spacial score (nSPS) is 19.0. The summed E-state index contributed by atoms with van der Waals surface area (Å²) in [5, 5.41) is 16.5. The van der Waals surface area contributed by atoms with Gasteiger partial charge in [-0.05, 0) is 31.5 Å². The van der Waals surface area contributed by atoms with E-state index in [0.29, 0.717) is 11.6 Å². The van der Waals surface area contributed by atoms with Gasteiger partial charge in [0.2, 0.25) is 0 Å². The highest BCUT2D eigenvalue weighted by Crippen LogP contribution is 2.27. The molecule has 2 aromatic rings. The minimum atomic E-state index is 0.297. The molecule has 0 aliphatic carbocycles. The van der Waals surface area contributed by atoms with Gasteiger partial charge in [-0.15, -0.1) is 0 Å². The fourth-order valence-corrected chi connectivity index (χ4v) is 2.44. The summed E-state index contributed by atoms with van der Waals surface area (Å²) in [6.07, 6.45) is 3.55. The van der Waals surface area contributed by atoms with Crippen molar-refractivity contribution in [1.29, 1.82) is 5.26 Å². The third kappa shape index (κ3) is 2.51. The van der Waals surface area contributed by atoms with Crippen molar-refractivity contribution in [3.8, 4) is 17.4 Å². The van der Waals surface area contributed by atoms with Crippen LogP contribution in [-0.2, 0) is 0 Å². The zero-order valence-corrected chi connectivity index (χ0v) is 10.6. The van der Waals surface area contributed by atoms with E-state index < -0.39 is 0 Å². The highest BCUT2D eigenvalue weighted by molar-refractivity contribution is 5.59. The first-order valence-electron chi connectivity index (χ1n) is 6.57. The maximum absolute atomic E-state index is 8.91. The zero-order valence-electron chi connectivity index (χ0n) is 10.6. The minimum Gasteiger partial charge on any atom is -0.356 e. The van der Waals surface area contributed by atoms with Crippen molar-refractivity contribution in [2.45, 2.75) is 25.3 Å². The van der Waals surface area contributed by atoms with E-state index in [0.717, 1.165) is 30.0 Å². The third-order valence-electron chi connectivity index (χ3n) is 3.47. The number of hydrogen-bond donors (Lipinski definition) is 1. The van der Waals surface area contributed by atoms with Gasteiger partial charge in [-0.2, -0.15) is 5.26 Å². The van der Waals surface area contributed by atoms with E-state index >= 15 is 0 Å². The monoisotopic (exact) mass is 253 g/mol. The molecule has 1 aliphatic rings. The molecule has 0 saturated carbocycles. The van der Waals surface area contributed by atoms with E-state index in [1.54, 1.807) is 6.07 Å². The Balaban J connectivity index is 1.86. The Morgan fingerprint density at radius 1 is 1.32 bits per heavy atom. The van der Waals surface area contributed by atoms with Gasteiger partial charge in [0.25, 0.3) is 0 Å². The molecule has 1 fully saturated rings. The third-order valence-corrected chi connectivity index (χ3v) is 3.47. The molecule has 1 aromatic heterocycles. The number of nitrogens with zero attached hydrogens (tertiary/aromatic N) is 2. The molecule has 96 valence electrons. The predicted molar refractivity (Wildman–Crippen MR) is 71.2 cm³/mol. The highest BCUT2D eigenvalue weighted by Gasteiger charge is 2.19. The van der Waals surface area contributed by atoms with Crippen LogP contribution in [-0.4, -0.2) is 11.7 Å². The van der Waals surface area contributed by atoms with E-state index in [1.807, 2.05) is 24.3 Å². The van der Waals surface area contributed by atoms with Crippen molar-refractivity contribution in [2.24, 2.45) is 0 Å². The van der Waals surface area contributed by atoms with E-state index in [2.05, 4.69) is 16.5 Å². The summed E-state index contributed by atoms with van der Waals surface area (Å²) in [6.45, 7) is 1.04. The molecule has 1 N–H and O–H groups in total. The van der Waals surface area contributed by atoms with Gasteiger partial charge in [-0.1, -0.05) is 23.7 Å². The zero-order chi connectivity index (χ0) is 13.1. The van der Waals surface area contributed by atoms with E-state index in [-0.39, 0.29) is 0 Å². The van der Waals surface area contributed by atoms with Crippen LogP contribution in [0.3, 0.4) is 0 Å². The van der Waals surface area contributed by atoms with Gasteiger partial charge in [-0.3, -0.25) is 0 Å². The fourth-order valence-electron chi connectivity index (χ4n) is 2.44. The second kappa shape index (κ2) is 5.25. The molecule has 1 aliphatic heterocycles. The smallest absolute Gasteiger partial charge is 0.167 e. The number of benzene rings is 1. The molecule has 0 unspecified atom stereocenters.